The number of hydrogen-bond donors (Lipinski definition) is 0. The van der Waals surface area contributed by atoms with E-state index in [-0.39, 0.29) is 22.4 Å². The number of nitrogens with zero attached hydrogens (tertiary/aromatic N) is 4. The van der Waals surface area contributed by atoms with Gasteiger partial charge in [-0.1, -0.05) is 35.3 Å². The number of rotatable bonds is 5. The Morgan fingerprint density at radius 3 is 2.56 bits per heavy atom. The number of carbonyl (C=O) groups excluding carboxylic acids is 1. The Labute approximate surface area is 218 Å². The van der Waals surface area contributed by atoms with E-state index in [2.05, 4.69) is 9.97 Å². The van der Waals surface area contributed by atoms with Gasteiger partial charge in [-0.25, -0.2) is 13.4 Å². The first-order valence-corrected chi connectivity index (χ1v) is 14.0. The minimum Gasteiger partial charge on any atom is -0.341 e. The van der Waals surface area contributed by atoms with E-state index in [0.717, 1.165) is 29.4 Å². The Kier molecular flexibility index (Phi) is 5.59. The minimum absolute atomic E-state index is 0.00885. The van der Waals surface area contributed by atoms with Crippen LogP contribution in [-0.4, -0.2) is 52.1 Å². The third-order valence-corrected chi connectivity index (χ3v) is 10.2. The number of hydrogen-bond acceptors (Lipinski definition) is 5. The molecule has 2 aromatic carbocycles. The second kappa shape index (κ2) is 8.57. The van der Waals surface area contributed by atoms with Crippen LogP contribution in [-0.2, 0) is 20.0 Å². The summed E-state index contributed by atoms with van der Waals surface area (Å²) in [5, 5.41) is 0.0643. The maximum Gasteiger partial charge on any atom is 0.233 e. The maximum atomic E-state index is 13.5. The SMILES string of the molecule is O=C(N1CC[C@@H](S(=O)(=O)c2ccc(-n3cnc4cnccc43)cc2Cl)C1)C1(c2ccc(Cl)cc2)CC1. The molecule has 1 atom stereocenters. The summed E-state index contributed by atoms with van der Waals surface area (Å²) in [6.45, 7) is 0.566. The summed E-state index contributed by atoms with van der Waals surface area (Å²) in [6, 6.07) is 14.1. The molecule has 0 spiro atoms. The van der Waals surface area contributed by atoms with Gasteiger partial charge in [0.25, 0.3) is 0 Å². The number of pyridine rings is 1. The lowest BCUT2D eigenvalue weighted by Crippen LogP contribution is -2.39. The van der Waals surface area contributed by atoms with Gasteiger partial charge >= 0.3 is 0 Å². The lowest BCUT2D eigenvalue weighted by molar-refractivity contribution is -0.132. The molecule has 0 N–H and O–H groups in total. The highest BCUT2D eigenvalue weighted by Gasteiger charge is 2.54. The van der Waals surface area contributed by atoms with Crippen molar-refractivity contribution in [2.75, 3.05) is 13.1 Å². The minimum atomic E-state index is -3.74. The zero-order chi connectivity index (χ0) is 25.1. The van der Waals surface area contributed by atoms with Crippen molar-refractivity contribution in [3.05, 3.63) is 82.9 Å². The maximum absolute atomic E-state index is 13.5. The van der Waals surface area contributed by atoms with Crippen molar-refractivity contribution in [1.29, 1.82) is 0 Å². The Bertz CT molecular complexity index is 1600. The molecule has 1 amide bonds. The van der Waals surface area contributed by atoms with Crippen molar-refractivity contribution < 1.29 is 13.2 Å². The van der Waals surface area contributed by atoms with Crippen LogP contribution in [0.3, 0.4) is 0 Å². The van der Waals surface area contributed by atoms with Crippen LogP contribution in [0.4, 0.5) is 0 Å². The van der Waals surface area contributed by atoms with E-state index < -0.39 is 20.5 Å². The molecule has 184 valence electrons. The van der Waals surface area contributed by atoms with Gasteiger partial charge in [-0.05, 0) is 61.2 Å². The number of benzene rings is 2. The first-order chi connectivity index (χ1) is 17.3. The molecule has 2 aromatic heterocycles. The average Bonchev–Trinajstić information content (AvgIpc) is 3.32. The molecule has 0 radical (unpaired) electrons. The topological polar surface area (TPSA) is 85.2 Å². The van der Waals surface area contributed by atoms with E-state index in [1.807, 2.05) is 22.8 Å². The van der Waals surface area contributed by atoms with Crippen molar-refractivity contribution in [2.45, 2.75) is 34.8 Å². The zero-order valence-electron chi connectivity index (χ0n) is 19.1. The lowest BCUT2D eigenvalue weighted by Gasteiger charge is -2.24. The molecule has 2 fully saturated rings. The second-order valence-electron chi connectivity index (χ2n) is 9.39. The zero-order valence-corrected chi connectivity index (χ0v) is 21.5. The Morgan fingerprint density at radius 2 is 1.83 bits per heavy atom. The summed E-state index contributed by atoms with van der Waals surface area (Å²) in [6.07, 6.45) is 6.88. The molecule has 7 nitrogen and oxygen atoms in total. The van der Waals surface area contributed by atoms with Gasteiger partial charge in [-0.2, -0.15) is 0 Å². The van der Waals surface area contributed by atoms with Crippen molar-refractivity contribution >= 4 is 50.0 Å². The molecule has 0 bridgehead atoms. The van der Waals surface area contributed by atoms with Crippen LogP contribution in [0.15, 0.2) is 72.1 Å². The summed E-state index contributed by atoms with van der Waals surface area (Å²) >= 11 is 12.5. The fourth-order valence-electron chi connectivity index (χ4n) is 5.11. The highest BCUT2D eigenvalue weighted by atomic mass is 35.5. The number of imidazole rings is 1. The fraction of sp³-hybridized carbons (Fsp3) is 0.269. The van der Waals surface area contributed by atoms with Crippen molar-refractivity contribution in [2.24, 2.45) is 0 Å². The first-order valence-electron chi connectivity index (χ1n) is 11.7. The fourth-order valence-corrected chi connectivity index (χ4v) is 7.47. The normalized spacial score (nSPS) is 19.1. The molecule has 1 aliphatic heterocycles. The van der Waals surface area contributed by atoms with Gasteiger partial charge in [0.1, 0.15) is 11.8 Å². The lowest BCUT2D eigenvalue weighted by atomic mass is 9.94. The predicted octanol–water partition coefficient (Wildman–Crippen LogP) is 4.83. The molecule has 10 heteroatoms. The van der Waals surface area contributed by atoms with Gasteiger partial charge in [0, 0.05) is 30.0 Å². The van der Waals surface area contributed by atoms with Gasteiger partial charge in [0.05, 0.1) is 32.3 Å². The number of sulfone groups is 1. The summed E-state index contributed by atoms with van der Waals surface area (Å²) in [7, 11) is -3.74. The summed E-state index contributed by atoms with van der Waals surface area (Å²) in [5.74, 6) is -0.00885. The van der Waals surface area contributed by atoms with Crippen LogP contribution in [0.5, 0.6) is 0 Å². The highest BCUT2D eigenvalue weighted by molar-refractivity contribution is 7.92. The van der Waals surface area contributed by atoms with Gasteiger partial charge in [-0.15, -0.1) is 0 Å². The summed E-state index contributed by atoms with van der Waals surface area (Å²) in [5.41, 5.74) is 2.65. The van der Waals surface area contributed by atoms with Crippen LogP contribution in [0.1, 0.15) is 24.8 Å². The molecule has 4 aromatic rings. The van der Waals surface area contributed by atoms with E-state index in [9.17, 15) is 13.2 Å². The Balaban J connectivity index is 1.23. The van der Waals surface area contributed by atoms with E-state index in [4.69, 9.17) is 23.2 Å². The summed E-state index contributed by atoms with van der Waals surface area (Å²) in [4.78, 5) is 23.6. The molecule has 2 aliphatic rings. The molecule has 1 saturated carbocycles. The number of aromatic nitrogens is 3. The number of likely N-dealkylation sites (tertiary alicyclic amines) is 1. The molecule has 36 heavy (non-hydrogen) atoms. The smallest absolute Gasteiger partial charge is 0.233 e. The van der Waals surface area contributed by atoms with Crippen LogP contribution in [0, 0.1) is 0 Å². The second-order valence-corrected chi connectivity index (χ2v) is 12.4. The molecule has 6 rings (SSSR count). The van der Waals surface area contributed by atoms with Crippen molar-refractivity contribution in [3.8, 4) is 5.69 Å². The third-order valence-electron chi connectivity index (χ3n) is 7.28. The standard InChI is InChI=1S/C26H22Cl2N4O3S/c27-18-3-1-17(2-4-18)26(9-10-26)25(33)31-12-8-20(15-31)36(34,35)24-6-5-19(13-21(24)28)32-16-30-22-14-29-11-7-23(22)32/h1-7,11,13-14,16,20H,8-10,12,15H2/t20-/m1/s1. The first kappa shape index (κ1) is 23.5. The number of fused-ring (bicyclic) bond motifs is 1. The molecule has 0 unspecified atom stereocenters. The monoisotopic (exact) mass is 540 g/mol. The van der Waals surface area contributed by atoms with E-state index in [0.29, 0.717) is 23.7 Å². The van der Waals surface area contributed by atoms with Gasteiger partial charge in [-0.3, -0.25) is 14.3 Å². The van der Waals surface area contributed by atoms with E-state index >= 15 is 0 Å². The largest absolute Gasteiger partial charge is 0.341 e. The van der Waals surface area contributed by atoms with Crippen molar-refractivity contribution in [3.63, 3.8) is 0 Å². The molecule has 1 aliphatic carbocycles. The molecular weight excluding hydrogens is 519 g/mol. The Morgan fingerprint density at radius 1 is 1.06 bits per heavy atom. The highest BCUT2D eigenvalue weighted by Crippen LogP contribution is 2.50. The molecule has 3 heterocycles. The molecular formula is C26H22Cl2N4O3S. The van der Waals surface area contributed by atoms with Gasteiger partial charge in [0.15, 0.2) is 9.84 Å². The van der Waals surface area contributed by atoms with E-state index in [1.54, 1.807) is 54.0 Å². The number of halogens is 2. The van der Waals surface area contributed by atoms with E-state index in [1.165, 1.54) is 0 Å². The third kappa shape index (κ3) is 3.79. The van der Waals surface area contributed by atoms with Crippen LogP contribution < -0.4 is 0 Å². The summed E-state index contributed by atoms with van der Waals surface area (Å²) < 4.78 is 28.9. The Hall–Kier alpha value is -2.94. The average molecular weight is 541 g/mol. The van der Waals surface area contributed by atoms with Crippen LogP contribution >= 0.6 is 23.2 Å². The number of amides is 1. The molecule has 1 saturated heterocycles. The van der Waals surface area contributed by atoms with Crippen LogP contribution in [0.25, 0.3) is 16.7 Å². The quantitative estimate of drug-likeness (QED) is 0.361. The van der Waals surface area contributed by atoms with Crippen LogP contribution in [0.2, 0.25) is 10.0 Å². The predicted molar refractivity (Wildman–Crippen MR) is 138 cm³/mol. The van der Waals surface area contributed by atoms with Gasteiger partial charge in [0.2, 0.25) is 5.91 Å². The van der Waals surface area contributed by atoms with Gasteiger partial charge < -0.3 is 4.90 Å². The van der Waals surface area contributed by atoms with Crippen molar-refractivity contribution in [1.82, 2.24) is 19.4 Å². The number of carbonyl (C=O) groups is 1.